The van der Waals surface area contributed by atoms with Gasteiger partial charge in [0.15, 0.2) is 0 Å². The summed E-state index contributed by atoms with van der Waals surface area (Å²) in [7, 11) is 0. The maximum absolute atomic E-state index is 10.9. The third-order valence-corrected chi connectivity index (χ3v) is 2.65. The smallest absolute Gasteiger partial charge is 0.328 e. The fourth-order valence-corrected chi connectivity index (χ4v) is 1.29. The number of benzene rings is 1. The van der Waals surface area contributed by atoms with E-state index in [-0.39, 0.29) is 18.9 Å². The van der Waals surface area contributed by atoms with Crippen LogP contribution in [-0.2, 0) is 4.79 Å². The summed E-state index contributed by atoms with van der Waals surface area (Å²) in [5, 5.41) is 12.6. The molecule has 1 aromatic carbocycles. The maximum Gasteiger partial charge on any atom is 0.328 e. The molecule has 0 amide bonds. The predicted octanol–water partition coefficient (Wildman–Crippen LogP) is 2.89. The summed E-state index contributed by atoms with van der Waals surface area (Å²) in [6.07, 6.45) is 0. The van der Waals surface area contributed by atoms with Crippen LogP contribution in [0.1, 0.15) is 13.8 Å². The molecule has 1 radical (unpaired) electrons. The number of rotatable bonds is 3. The minimum Gasteiger partial charge on any atom is -0.480 e. The SMILES string of the molecule is CC(C)(Nc1ccc(Cl)c(Cl)c1)C(=O)O.[Li]. The molecule has 2 N–H and O–H groups in total. The Bertz CT molecular complexity index is 396. The van der Waals surface area contributed by atoms with Crippen LogP contribution in [-0.4, -0.2) is 35.5 Å². The molecule has 0 atom stereocenters. The van der Waals surface area contributed by atoms with Gasteiger partial charge in [0.1, 0.15) is 5.54 Å². The zero-order chi connectivity index (χ0) is 11.6. The molecule has 0 bridgehead atoms. The normalized spacial score (nSPS) is 10.5. The van der Waals surface area contributed by atoms with Crippen LogP contribution in [0.4, 0.5) is 5.69 Å². The zero-order valence-corrected chi connectivity index (χ0v) is 10.9. The Morgan fingerprint density at radius 1 is 1.31 bits per heavy atom. The first-order valence-electron chi connectivity index (χ1n) is 4.29. The molecule has 83 valence electrons. The fourth-order valence-electron chi connectivity index (χ4n) is 0.988. The third-order valence-electron chi connectivity index (χ3n) is 1.91. The van der Waals surface area contributed by atoms with Crippen molar-refractivity contribution in [2.24, 2.45) is 0 Å². The van der Waals surface area contributed by atoms with E-state index < -0.39 is 11.5 Å². The number of carbonyl (C=O) groups is 1. The Labute approximate surface area is 116 Å². The molecule has 0 aliphatic heterocycles. The first-order chi connectivity index (χ1) is 6.83. The van der Waals surface area contributed by atoms with Gasteiger partial charge in [-0.3, -0.25) is 0 Å². The van der Waals surface area contributed by atoms with Crippen molar-refractivity contribution in [1.29, 1.82) is 0 Å². The minimum atomic E-state index is -1.04. The number of carboxylic acids is 1. The van der Waals surface area contributed by atoms with Crippen molar-refractivity contribution >= 4 is 53.7 Å². The van der Waals surface area contributed by atoms with Gasteiger partial charge in [0.05, 0.1) is 10.0 Å². The molecule has 0 fully saturated rings. The van der Waals surface area contributed by atoms with E-state index in [1.165, 1.54) is 0 Å². The van der Waals surface area contributed by atoms with Crippen molar-refractivity contribution in [2.45, 2.75) is 19.4 Å². The van der Waals surface area contributed by atoms with Crippen LogP contribution in [0.5, 0.6) is 0 Å². The van der Waals surface area contributed by atoms with E-state index in [4.69, 9.17) is 28.3 Å². The Morgan fingerprint density at radius 2 is 1.88 bits per heavy atom. The molecule has 0 spiro atoms. The largest absolute Gasteiger partial charge is 0.480 e. The number of halogens is 2. The molecule has 0 aliphatic rings. The fraction of sp³-hybridized carbons (Fsp3) is 0.300. The van der Waals surface area contributed by atoms with Gasteiger partial charge < -0.3 is 10.4 Å². The maximum atomic E-state index is 10.9. The van der Waals surface area contributed by atoms with Gasteiger partial charge in [-0.25, -0.2) is 4.79 Å². The van der Waals surface area contributed by atoms with Gasteiger partial charge in [-0.2, -0.15) is 0 Å². The molecule has 0 unspecified atom stereocenters. The second-order valence-corrected chi connectivity index (χ2v) is 4.50. The van der Waals surface area contributed by atoms with Gasteiger partial charge in [0.2, 0.25) is 0 Å². The van der Waals surface area contributed by atoms with E-state index in [2.05, 4.69) is 5.32 Å². The van der Waals surface area contributed by atoms with Crippen LogP contribution in [0.15, 0.2) is 18.2 Å². The molecule has 3 nitrogen and oxygen atoms in total. The van der Waals surface area contributed by atoms with Crippen molar-refractivity contribution in [3.8, 4) is 0 Å². The van der Waals surface area contributed by atoms with Crippen LogP contribution >= 0.6 is 23.2 Å². The summed E-state index contributed by atoms with van der Waals surface area (Å²) in [4.78, 5) is 10.9. The van der Waals surface area contributed by atoms with Crippen molar-refractivity contribution in [3.63, 3.8) is 0 Å². The second kappa shape index (κ2) is 5.84. The van der Waals surface area contributed by atoms with Crippen molar-refractivity contribution in [2.75, 3.05) is 5.32 Å². The Kier molecular flexibility index (Phi) is 5.71. The summed E-state index contributed by atoms with van der Waals surface area (Å²) in [5.74, 6) is -0.937. The van der Waals surface area contributed by atoms with E-state index in [9.17, 15) is 4.79 Å². The Balaban J connectivity index is 0.00000225. The van der Waals surface area contributed by atoms with Crippen LogP contribution in [0.25, 0.3) is 0 Å². The van der Waals surface area contributed by atoms with Gasteiger partial charge in [0, 0.05) is 24.5 Å². The van der Waals surface area contributed by atoms with Gasteiger partial charge in [0.25, 0.3) is 0 Å². The van der Waals surface area contributed by atoms with Crippen molar-refractivity contribution < 1.29 is 9.90 Å². The Hall–Kier alpha value is -0.333. The number of carboxylic acid groups (broad SMARTS) is 1. The third kappa shape index (κ3) is 3.92. The molecule has 6 heteroatoms. The molecule has 0 aliphatic carbocycles. The van der Waals surface area contributed by atoms with Crippen molar-refractivity contribution in [1.82, 2.24) is 0 Å². The molecule has 0 saturated carbocycles. The van der Waals surface area contributed by atoms with E-state index in [0.29, 0.717) is 15.7 Å². The Morgan fingerprint density at radius 3 is 2.31 bits per heavy atom. The molecule has 1 aromatic rings. The summed E-state index contributed by atoms with van der Waals surface area (Å²) in [5.41, 5.74) is -0.422. The van der Waals surface area contributed by atoms with Crippen LogP contribution in [0.2, 0.25) is 10.0 Å². The van der Waals surface area contributed by atoms with Gasteiger partial charge in [-0.1, -0.05) is 23.2 Å². The van der Waals surface area contributed by atoms with Crippen LogP contribution < -0.4 is 5.32 Å². The summed E-state index contributed by atoms with van der Waals surface area (Å²) < 4.78 is 0. The van der Waals surface area contributed by atoms with E-state index in [1.807, 2.05) is 0 Å². The number of hydrogen-bond acceptors (Lipinski definition) is 2. The number of anilines is 1. The number of hydrogen-bond donors (Lipinski definition) is 2. The van der Waals surface area contributed by atoms with Gasteiger partial charge in [-0.15, -0.1) is 0 Å². The number of aliphatic carboxylic acids is 1. The number of nitrogens with one attached hydrogen (secondary N) is 1. The topological polar surface area (TPSA) is 49.3 Å². The summed E-state index contributed by atoms with van der Waals surface area (Å²) in [6, 6.07) is 4.89. The standard InChI is InChI=1S/C10H11Cl2NO2.Li/c1-10(2,9(14)15)13-6-3-4-7(11)8(12)5-6;/h3-5,13H,1-2H3,(H,14,15);. The molecule has 0 saturated heterocycles. The van der Waals surface area contributed by atoms with E-state index in [0.717, 1.165) is 0 Å². The van der Waals surface area contributed by atoms with E-state index >= 15 is 0 Å². The van der Waals surface area contributed by atoms with Gasteiger partial charge >= 0.3 is 5.97 Å². The first-order valence-corrected chi connectivity index (χ1v) is 5.05. The average molecular weight is 255 g/mol. The molecule has 16 heavy (non-hydrogen) atoms. The first kappa shape index (κ1) is 15.7. The van der Waals surface area contributed by atoms with Gasteiger partial charge in [-0.05, 0) is 32.0 Å². The van der Waals surface area contributed by atoms with Crippen LogP contribution in [0, 0.1) is 0 Å². The minimum absolute atomic E-state index is 0. The average Bonchev–Trinajstić information content (AvgIpc) is 2.10. The molecular weight excluding hydrogens is 244 g/mol. The molecular formula is C10H11Cl2LiNO2. The monoisotopic (exact) mass is 254 g/mol. The quantitative estimate of drug-likeness (QED) is 0.816. The molecule has 0 aromatic heterocycles. The van der Waals surface area contributed by atoms with Crippen LogP contribution in [0.3, 0.4) is 0 Å². The summed E-state index contributed by atoms with van der Waals surface area (Å²) in [6.45, 7) is 3.13. The van der Waals surface area contributed by atoms with E-state index in [1.54, 1.807) is 32.0 Å². The predicted molar refractivity (Wildman–Crippen MR) is 67.6 cm³/mol. The second-order valence-electron chi connectivity index (χ2n) is 3.68. The molecule has 0 heterocycles. The summed E-state index contributed by atoms with van der Waals surface area (Å²) >= 11 is 11.5. The van der Waals surface area contributed by atoms with Crippen molar-refractivity contribution in [3.05, 3.63) is 28.2 Å². The molecule has 1 rings (SSSR count). The zero-order valence-electron chi connectivity index (χ0n) is 9.34.